The molecule has 0 aliphatic heterocycles. The fraction of sp³-hybridized carbons (Fsp3) is 0.250. The van der Waals surface area contributed by atoms with Gasteiger partial charge < -0.3 is 4.74 Å². The van der Waals surface area contributed by atoms with Crippen molar-refractivity contribution in [3.8, 4) is 0 Å². The van der Waals surface area contributed by atoms with Crippen molar-refractivity contribution in [2.45, 2.75) is 6.92 Å². The molecule has 0 aliphatic rings. The van der Waals surface area contributed by atoms with Crippen LogP contribution in [0.25, 0.3) is 0 Å². The van der Waals surface area contributed by atoms with Crippen LogP contribution in [0.2, 0.25) is 0 Å². The summed E-state index contributed by atoms with van der Waals surface area (Å²) in [4.78, 5) is 44.5. The van der Waals surface area contributed by atoms with E-state index in [0.29, 0.717) is 0 Å². The number of nitrogens with zero attached hydrogens (tertiary/aromatic N) is 1. The summed E-state index contributed by atoms with van der Waals surface area (Å²) in [6, 6.07) is 4.64. The molecule has 0 radical (unpaired) electrons. The summed E-state index contributed by atoms with van der Waals surface area (Å²) < 4.78 is 4.39. The first-order valence-electron chi connectivity index (χ1n) is 5.25. The molecular formula is C12H11NO6. The molecule has 0 bridgehead atoms. The number of esters is 1. The van der Waals surface area contributed by atoms with Gasteiger partial charge in [0.1, 0.15) is 0 Å². The molecule has 100 valence electrons. The van der Waals surface area contributed by atoms with E-state index in [0.717, 1.165) is 26.2 Å². The van der Waals surface area contributed by atoms with Crippen LogP contribution >= 0.6 is 0 Å². The second-order valence-corrected chi connectivity index (χ2v) is 3.74. The van der Waals surface area contributed by atoms with E-state index in [1.54, 1.807) is 0 Å². The molecule has 0 fully saturated rings. The van der Waals surface area contributed by atoms with E-state index in [1.807, 2.05) is 0 Å². The van der Waals surface area contributed by atoms with Crippen LogP contribution in [-0.4, -0.2) is 29.6 Å². The molecule has 0 saturated carbocycles. The maximum Gasteiger partial charge on any atom is 0.324 e. The zero-order valence-electron chi connectivity index (χ0n) is 10.3. The standard InChI is InChI=1S/C12H11NO6/c1-7(14)10(12(16)19-2)11(15)8-3-5-9(6-4-8)13(17)18/h3-6,10H,1-2H3/t10-/m0/s1. The minimum atomic E-state index is -1.54. The van der Waals surface area contributed by atoms with Crippen LogP contribution in [0.1, 0.15) is 17.3 Å². The van der Waals surface area contributed by atoms with Crippen molar-refractivity contribution in [1.82, 2.24) is 0 Å². The number of non-ortho nitro benzene ring substituents is 1. The van der Waals surface area contributed by atoms with Gasteiger partial charge in [-0.2, -0.15) is 0 Å². The summed E-state index contributed by atoms with van der Waals surface area (Å²) in [5.41, 5.74) is -0.148. The summed E-state index contributed by atoms with van der Waals surface area (Å²) in [6.45, 7) is 1.10. The summed E-state index contributed by atoms with van der Waals surface area (Å²) in [6.07, 6.45) is 0. The van der Waals surface area contributed by atoms with Crippen molar-refractivity contribution in [3.05, 3.63) is 39.9 Å². The smallest absolute Gasteiger partial charge is 0.324 e. The predicted molar refractivity (Wildman–Crippen MR) is 63.6 cm³/mol. The normalized spacial score (nSPS) is 11.5. The monoisotopic (exact) mass is 265 g/mol. The first kappa shape index (κ1) is 14.5. The molecule has 1 atom stereocenters. The topological polar surface area (TPSA) is 104 Å². The lowest BCUT2D eigenvalue weighted by Gasteiger charge is -2.10. The van der Waals surface area contributed by atoms with E-state index in [9.17, 15) is 24.5 Å². The Labute approximate surface area is 108 Å². The van der Waals surface area contributed by atoms with Crippen LogP contribution in [0.5, 0.6) is 0 Å². The number of hydrogen-bond acceptors (Lipinski definition) is 6. The second-order valence-electron chi connectivity index (χ2n) is 3.74. The highest BCUT2D eigenvalue weighted by Crippen LogP contribution is 2.16. The van der Waals surface area contributed by atoms with E-state index < -0.39 is 28.4 Å². The molecule has 1 aromatic carbocycles. The highest BCUT2D eigenvalue weighted by Gasteiger charge is 2.32. The zero-order chi connectivity index (χ0) is 14.6. The molecular weight excluding hydrogens is 254 g/mol. The van der Waals surface area contributed by atoms with Crippen LogP contribution in [0.3, 0.4) is 0 Å². The lowest BCUT2D eigenvalue weighted by Crippen LogP contribution is -2.31. The van der Waals surface area contributed by atoms with Crippen molar-refractivity contribution in [1.29, 1.82) is 0 Å². The maximum absolute atomic E-state index is 12.0. The van der Waals surface area contributed by atoms with Crippen LogP contribution in [0.4, 0.5) is 5.69 Å². The molecule has 0 N–H and O–H groups in total. The highest BCUT2D eigenvalue weighted by atomic mass is 16.6. The van der Waals surface area contributed by atoms with E-state index in [2.05, 4.69) is 4.74 Å². The second kappa shape index (κ2) is 5.85. The maximum atomic E-state index is 12.0. The Balaban J connectivity index is 3.07. The number of methoxy groups -OCH3 is 1. The van der Waals surface area contributed by atoms with Gasteiger partial charge in [-0.1, -0.05) is 0 Å². The van der Waals surface area contributed by atoms with Gasteiger partial charge in [-0.3, -0.25) is 24.5 Å². The van der Waals surface area contributed by atoms with E-state index in [4.69, 9.17) is 0 Å². The number of nitro groups is 1. The van der Waals surface area contributed by atoms with Crippen LogP contribution in [-0.2, 0) is 14.3 Å². The van der Waals surface area contributed by atoms with E-state index >= 15 is 0 Å². The van der Waals surface area contributed by atoms with Gasteiger partial charge in [0, 0.05) is 17.7 Å². The fourth-order valence-electron chi connectivity index (χ4n) is 1.49. The largest absolute Gasteiger partial charge is 0.468 e. The van der Waals surface area contributed by atoms with Crippen molar-refractivity contribution >= 4 is 23.2 Å². The molecule has 0 aromatic heterocycles. The summed E-state index contributed by atoms with van der Waals surface area (Å²) in [5.74, 6) is -3.87. The third kappa shape index (κ3) is 3.21. The molecule has 19 heavy (non-hydrogen) atoms. The molecule has 0 heterocycles. The van der Waals surface area contributed by atoms with Crippen LogP contribution in [0.15, 0.2) is 24.3 Å². The lowest BCUT2D eigenvalue weighted by atomic mass is 9.94. The molecule has 0 saturated heterocycles. The Morgan fingerprint density at radius 1 is 1.21 bits per heavy atom. The Morgan fingerprint density at radius 2 is 1.74 bits per heavy atom. The molecule has 7 heteroatoms. The molecule has 7 nitrogen and oxygen atoms in total. The predicted octanol–water partition coefficient (Wildman–Crippen LogP) is 1.16. The molecule has 0 unspecified atom stereocenters. The van der Waals surface area contributed by atoms with Crippen LogP contribution < -0.4 is 0 Å². The van der Waals surface area contributed by atoms with E-state index in [-0.39, 0.29) is 11.3 Å². The zero-order valence-corrected chi connectivity index (χ0v) is 10.3. The highest BCUT2D eigenvalue weighted by molar-refractivity contribution is 6.22. The van der Waals surface area contributed by atoms with Gasteiger partial charge in [0.05, 0.1) is 12.0 Å². The number of benzene rings is 1. The lowest BCUT2D eigenvalue weighted by molar-refractivity contribution is -0.384. The molecule has 1 aromatic rings. The molecule has 1 rings (SSSR count). The SMILES string of the molecule is COC(=O)[C@@H](C(C)=O)C(=O)c1ccc([N+](=O)[O-])cc1. The van der Waals surface area contributed by atoms with Crippen molar-refractivity contribution in [2.24, 2.45) is 5.92 Å². The minimum absolute atomic E-state index is 0.0381. The molecule has 0 amide bonds. The van der Waals surface area contributed by atoms with Gasteiger partial charge in [0.2, 0.25) is 0 Å². The van der Waals surface area contributed by atoms with Crippen molar-refractivity contribution in [3.63, 3.8) is 0 Å². The first-order valence-corrected chi connectivity index (χ1v) is 5.25. The average Bonchev–Trinajstić information content (AvgIpc) is 2.38. The van der Waals surface area contributed by atoms with Crippen molar-refractivity contribution < 1.29 is 24.0 Å². The van der Waals surface area contributed by atoms with Gasteiger partial charge in [-0.05, 0) is 19.1 Å². The van der Waals surface area contributed by atoms with Gasteiger partial charge >= 0.3 is 5.97 Å². The molecule has 0 aliphatic carbocycles. The Kier molecular flexibility index (Phi) is 4.46. The van der Waals surface area contributed by atoms with Gasteiger partial charge in [0.15, 0.2) is 17.5 Å². The number of carbonyl (C=O) groups excluding carboxylic acids is 3. The third-order valence-electron chi connectivity index (χ3n) is 2.47. The van der Waals surface area contributed by atoms with Crippen molar-refractivity contribution in [2.75, 3.05) is 7.11 Å². The number of Topliss-reactive ketones (excluding diaryl/α,β-unsaturated/α-hetero) is 2. The van der Waals surface area contributed by atoms with Gasteiger partial charge in [0.25, 0.3) is 5.69 Å². The Hall–Kier alpha value is -2.57. The molecule has 0 spiro atoms. The summed E-state index contributed by atoms with van der Waals surface area (Å²) in [7, 11) is 1.07. The Morgan fingerprint density at radius 3 is 2.11 bits per heavy atom. The van der Waals surface area contributed by atoms with Crippen LogP contribution in [0, 0.1) is 16.0 Å². The number of hydrogen-bond donors (Lipinski definition) is 0. The first-order chi connectivity index (χ1) is 8.88. The third-order valence-corrected chi connectivity index (χ3v) is 2.47. The number of nitro benzene ring substituents is 1. The summed E-state index contributed by atoms with van der Waals surface area (Å²) >= 11 is 0. The van der Waals surface area contributed by atoms with Gasteiger partial charge in [-0.15, -0.1) is 0 Å². The number of ketones is 2. The van der Waals surface area contributed by atoms with Gasteiger partial charge in [-0.25, -0.2) is 0 Å². The van der Waals surface area contributed by atoms with E-state index in [1.165, 1.54) is 12.1 Å². The summed E-state index contributed by atoms with van der Waals surface area (Å²) in [5, 5.41) is 10.5. The Bertz CT molecular complexity index is 534. The average molecular weight is 265 g/mol. The number of ether oxygens (including phenoxy) is 1. The fourth-order valence-corrected chi connectivity index (χ4v) is 1.49. The number of carbonyl (C=O) groups is 3. The quantitative estimate of drug-likeness (QED) is 0.260. The minimum Gasteiger partial charge on any atom is -0.468 e. The number of rotatable bonds is 5.